The van der Waals surface area contributed by atoms with E-state index in [1.165, 1.54) is 10.6 Å². The lowest BCUT2D eigenvalue weighted by molar-refractivity contribution is 0.884. The number of hydrogen-bond donors (Lipinski definition) is 2. The molecule has 3 nitrogen and oxygen atoms in total. The number of nitrogens with two attached hydrogens (primary N) is 1. The second-order valence-corrected chi connectivity index (χ2v) is 5.63. The largest absolute Gasteiger partial charge is 0.351 e. The van der Waals surface area contributed by atoms with Crippen LogP contribution in [0.4, 0.5) is 0 Å². The van der Waals surface area contributed by atoms with Crippen molar-refractivity contribution in [2.75, 3.05) is 0 Å². The molecule has 4 heteroatoms. The zero-order valence-electron chi connectivity index (χ0n) is 9.73. The molecule has 88 valence electrons. The molecule has 1 unspecified atom stereocenters. The van der Waals surface area contributed by atoms with E-state index < -0.39 is 0 Å². The standard InChI is InChI=1S/C13H15N3S/c1-8-6-10(14)9-7-15-11-4-2-3-5-12(11)16-13(9)17-8/h2-3,6-7,10,16H,4-5,14H2,1H3. The van der Waals surface area contributed by atoms with Gasteiger partial charge in [-0.1, -0.05) is 30.0 Å². The summed E-state index contributed by atoms with van der Waals surface area (Å²) in [7, 11) is 0. The number of nitrogens with one attached hydrogen (secondary N) is 1. The minimum absolute atomic E-state index is 0.0446. The Balaban J connectivity index is 1.96. The quantitative estimate of drug-likeness (QED) is 0.644. The van der Waals surface area contributed by atoms with Gasteiger partial charge in [-0.05, 0) is 11.8 Å². The number of hydrogen-bond acceptors (Lipinski definition) is 4. The number of thioether (sulfide) groups is 1. The van der Waals surface area contributed by atoms with E-state index in [4.69, 9.17) is 5.73 Å². The van der Waals surface area contributed by atoms with Crippen LogP contribution in [0.5, 0.6) is 0 Å². The fourth-order valence-corrected chi connectivity index (χ4v) is 3.18. The summed E-state index contributed by atoms with van der Waals surface area (Å²) < 4.78 is 0. The van der Waals surface area contributed by atoms with Gasteiger partial charge in [-0.2, -0.15) is 0 Å². The third-order valence-corrected chi connectivity index (χ3v) is 4.07. The summed E-state index contributed by atoms with van der Waals surface area (Å²) in [5.41, 5.74) is 9.56. The topological polar surface area (TPSA) is 50.4 Å². The first-order valence-electron chi connectivity index (χ1n) is 5.78. The van der Waals surface area contributed by atoms with Gasteiger partial charge < -0.3 is 11.1 Å². The number of nitrogens with zero attached hydrogens (tertiary/aromatic N) is 1. The lowest BCUT2D eigenvalue weighted by atomic mass is 10.1. The van der Waals surface area contributed by atoms with Crippen LogP contribution in [-0.2, 0) is 0 Å². The van der Waals surface area contributed by atoms with E-state index >= 15 is 0 Å². The van der Waals surface area contributed by atoms with Crippen molar-refractivity contribution in [3.63, 3.8) is 0 Å². The lowest BCUT2D eigenvalue weighted by Crippen LogP contribution is -2.27. The second-order valence-electron chi connectivity index (χ2n) is 4.38. The average molecular weight is 245 g/mol. The first-order valence-corrected chi connectivity index (χ1v) is 6.60. The van der Waals surface area contributed by atoms with Gasteiger partial charge >= 0.3 is 0 Å². The summed E-state index contributed by atoms with van der Waals surface area (Å²) >= 11 is 1.74. The maximum atomic E-state index is 6.13. The van der Waals surface area contributed by atoms with Crippen LogP contribution in [0.25, 0.3) is 0 Å². The highest BCUT2D eigenvalue weighted by Gasteiger charge is 2.22. The Morgan fingerprint density at radius 2 is 2.24 bits per heavy atom. The van der Waals surface area contributed by atoms with Gasteiger partial charge in [0.05, 0.1) is 16.8 Å². The molecule has 2 heterocycles. The molecule has 0 fully saturated rings. The molecule has 0 aromatic rings. The Kier molecular flexibility index (Phi) is 2.68. The van der Waals surface area contributed by atoms with E-state index in [1.807, 2.05) is 6.21 Å². The molecule has 1 aliphatic carbocycles. The van der Waals surface area contributed by atoms with E-state index in [2.05, 4.69) is 35.5 Å². The zero-order valence-corrected chi connectivity index (χ0v) is 10.6. The zero-order chi connectivity index (χ0) is 11.8. The maximum absolute atomic E-state index is 6.13. The monoisotopic (exact) mass is 245 g/mol. The summed E-state index contributed by atoms with van der Waals surface area (Å²) in [5.74, 6) is 0. The summed E-state index contributed by atoms with van der Waals surface area (Å²) in [6, 6.07) is -0.0446. The molecule has 3 rings (SSSR count). The number of rotatable bonds is 0. The molecule has 3 aliphatic rings. The van der Waals surface area contributed by atoms with Crippen molar-refractivity contribution in [2.45, 2.75) is 25.8 Å². The Labute approximate surface area is 105 Å². The molecule has 0 amide bonds. The van der Waals surface area contributed by atoms with Gasteiger partial charge in [-0.3, -0.25) is 4.99 Å². The highest BCUT2D eigenvalue weighted by Crippen LogP contribution is 2.35. The van der Waals surface area contributed by atoms with Gasteiger partial charge in [0, 0.05) is 30.3 Å². The van der Waals surface area contributed by atoms with E-state index in [9.17, 15) is 0 Å². The number of allylic oxidation sites excluding steroid dienone is 3. The number of aliphatic imine (C=N–C) groups is 1. The fraction of sp³-hybridized carbons (Fsp3) is 0.308. The van der Waals surface area contributed by atoms with Crippen molar-refractivity contribution in [1.82, 2.24) is 5.32 Å². The van der Waals surface area contributed by atoms with Crippen LogP contribution in [0.15, 0.2) is 50.1 Å². The van der Waals surface area contributed by atoms with Crippen molar-refractivity contribution in [3.05, 3.63) is 45.1 Å². The third kappa shape index (κ3) is 1.98. The maximum Gasteiger partial charge on any atom is 0.0836 e. The van der Waals surface area contributed by atoms with E-state index in [-0.39, 0.29) is 6.04 Å². The van der Waals surface area contributed by atoms with E-state index in [0.29, 0.717) is 0 Å². The molecule has 0 spiro atoms. The summed E-state index contributed by atoms with van der Waals surface area (Å²) in [5, 5.41) is 4.65. The molecular formula is C13H15N3S. The minimum Gasteiger partial charge on any atom is -0.351 e. The highest BCUT2D eigenvalue weighted by molar-refractivity contribution is 8.06. The highest BCUT2D eigenvalue weighted by atomic mass is 32.2. The minimum atomic E-state index is -0.0446. The van der Waals surface area contributed by atoms with Gasteiger partial charge in [-0.15, -0.1) is 0 Å². The normalized spacial score (nSPS) is 27.2. The summed E-state index contributed by atoms with van der Waals surface area (Å²) in [4.78, 5) is 5.81. The van der Waals surface area contributed by atoms with Crippen LogP contribution < -0.4 is 11.1 Å². The van der Waals surface area contributed by atoms with Crippen molar-refractivity contribution in [2.24, 2.45) is 10.7 Å². The summed E-state index contributed by atoms with van der Waals surface area (Å²) in [6.45, 7) is 2.09. The molecular weight excluding hydrogens is 230 g/mol. The molecule has 0 saturated heterocycles. The third-order valence-electron chi connectivity index (χ3n) is 3.07. The van der Waals surface area contributed by atoms with Crippen molar-refractivity contribution in [3.8, 4) is 0 Å². The first-order chi connectivity index (χ1) is 8.24. The van der Waals surface area contributed by atoms with Crippen LogP contribution in [0, 0.1) is 0 Å². The molecule has 0 aromatic carbocycles. The lowest BCUT2D eigenvalue weighted by Gasteiger charge is -2.22. The first kappa shape index (κ1) is 10.9. The van der Waals surface area contributed by atoms with Crippen molar-refractivity contribution >= 4 is 18.0 Å². The van der Waals surface area contributed by atoms with Gasteiger partial charge in [0.1, 0.15) is 0 Å². The smallest absolute Gasteiger partial charge is 0.0836 e. The van der Waals surface area contributed by atoms with Gasteiger partial charge in [0.2, 0.25) is 0 Å². The molecule has 0 bridgehead atoms. The van der Waals surface area contributed by atoms with Crippen LogP contribution in [0.1, 0.15) is 19.8 Å². The Bertz CT molecular complexity index is 509. The molecule has 0 radical (unpaired) electrons. The molecule has 1 atom stereocenters. The molecule has 17 heavy (non-hydrogen) atoms. The van der Waals surface area contributed by atoms with Crippen LogP contribution >= 0.6 is 11.8 Å². The SMILES string of the molecule is CC1=CC(N)C2=C(NC3=C(CC=CC3)N=C2)S1. The Morgan fingerprint density at radius 1 is 1.41 bits per heavy atom. The van der Waals surface area contributed by atoms with Gasteiger partial charge in [-0.25, -0.2) is 0 Å². The predicted molar refractivity (Wildman–Crippen MR) is 73.4 cm³/mol. The van der Waals surface area contributed by atoms with Crippen LogP contribution in [-0.4, -0.2) is 12.3 Å². The average Bonchev–Trinajstić information content (AvgIpc) is 2.47. The van der Waals surface area contributed by atoms with E-state index in [1.54, 1.807) is 11.8 Å². The molecule has 2 aliphatic heterocycles. The second kappa shape index (κ2) is 4.20. The van der Waals surface area contributed by atoms with Gasteiger partial charge in [0.15, 0.2) is 0 Å². The van der Waals surface area contributed by atoms with Crippen LogP contribution in [0.2, 0.25) is 0 Å². The predicted octanol–water partition coefficient (Wildman–Crippen LogP) is 2.41. The molecule has 0 aromatic heterocycles. The Hall–Kier alpha value is -1.26. The molecule has 0 saturated carbocycles. The van der Waals surface area contributed by atoms with Crippen molar-refractivity contribution < 1.29 is 0 Å². The molecule has 3 N–H and O–H groups in total. The Morgan fingerprint density at radius 3 is 3.12 bits per heavy atom. The van der Waals surface area contributed by atoms with Gasteiger partial charge in [0.25, 0.3) is 0 Å². The van der Waals surface area contributed by atoms with Crippen molar-refractivity contribution in [1.29, 1.82) is 0 Å². The van der Waals surface area contributed by atoms with Crippen LogP contribution in [0.3, 0.4) is 0 Å². The fourth-order valence-electron chi connectivity index (χ4n) is 2.17. The van der Waals surface area contributed by atoms with E-state index in [0.717, 1.165) is 29.1 Å². The summed E-state index contributed by atoms with van der Waals surface area (Å²) in [6.07, 6.45) is 10.2.